The maximum absolute atomic E-state index is 12.9. The molecule has 0 spiro atoms. The van der Waals surface area contributed by atoms with Gasteiger partial charge in [-0.05, 0) is 84.2 Å². The second-order valence-corrected chi connectivity index (χ2v) is 10.5. The number of hydrogen-bond donors (Lipinski definition) is 1. The Hall–Kier alpha value is -3.68. The molecule has 0 aromatic heterocycles. The average Bonchev–Trinajstić information content (AvgIpc) is 2.78. The van der Waals surface area contributed by atoms with Gasteiger partial charge >= 0.3 is 17.9 Å². The third-order valence-corrected chi connectivity index (χ3v) is 4.77. The minimum atomic E-state index is -0.707. The van der Waals surface area contributed by atoms with E-state index in [1.54, 1.807) is 96.1 Å². The Kier molecular flexibility index (Phi) is 9.78. The number of ether oxygens (including phenoxy) is 2. The van der Waals surface area contributed by atoms with Gasteiger partial charge in [-0.25, -0.2) is 9.59 Å². The number of nitrogens with one attached hydrogen (secondary N) is 1. The molecule has 1 atom stereocenters. The summed E-state index contributed by atoms with van der Waals surface area (Å²) in [5, 5.41) is 0. The van der Waals surface area contributed by atoms with Crippen LogP contribution >= 0.6 is 0 Å². The maximum Gasteiger partial charge on any atom is 0.362 e. The Labute approximate surface area is 212 Å². The van der Waals surface area contributed by atoms with Crippen LogP contribution in [0.5, 0.6) is 0 Å². The summed E-state index contributed by atoms with van der Waals surface area (Å²) in [6.45, 7) is 10.7. The topological polar surface area (TPSA) is 108 Å². The van der Waals surface area contributed by atoms with Crippen molar-refractivity contribution in [3.63, 3.8) is 0 Å². The van der Waals surface area contributed by atoms with Crippen LogP contribution in [0.15, 0.2) is 54.6 Å². The van der Waals surface area contributed by atoms with E-state index < -0.39 is 40.9 Å². The molecule has 1 amide bonds. The number of amides is 1. The number of benzene rings is 2. The van der Waals surface area contributed by atoms with Crippen molar-refractivity contribution in [2.75, 3.05) is 0 Å². The van der Waals surface area contributed by atoms with E-state index >= 15 is 0 Å². The van der Waals surface area contributed by atoms with Gasteiger partial charge < -0.3 is 14.3 Å². The second kappa shape index (κ2) is 12.3. The van der Waals surface area contributed by atoms with Crippen LogP contribution in [0.4, 0.5) is 0 Å². The Morgan fingerprint density at radius 2 is 1.39 bits per heavy atom. The Bertz CT molecular complexity index is 1070. The van der Waals surface area contributed by atoms with Crippen molar-refractivity contribution in [3.05, 3.63) is 71.3 Å². The standard InChI is InChI=1S/C28H35NO7/c1-27(2,3)34-24(31)21-14-10-11-19(17-21)18-22(25(32)35-28(4,5)6)15-16-23(30)29-36-26(33)20-12-8-7-9-13-20/h7-14,17,22H,15-16,18H2,1-6H3,(H,29,30). The van der Waals surface area contributed by atoms with Crippen LogP contribution in [0.25, 0.3) is 0 Å². The zero-order chi connectivity index (χ0) is 26.9. The monoisotopic (exact) mass is 497 g/mol. The molecular formula is C28H35NO7. The van der Waals surface area contributed by atoms with Gasteiger partial charge in [0.15, 0.2) is 0 Å². The molecule has 194 valence electrons. The molecule has 0 radical (unpaired) electrons. The van der Waals surface area contributed by atoms with Crippen molar-refractivity contribution in [2.45, 2.75) is 72.0 Å². The van der Waals surface area contributed by atoms with Gasteiger partial charge in [0.1, 0.15) is 11.2 Å². The third kappa shape index (κ3) is 10.3. The molecule has 0 bridgehead atoms. The summed E-state index contributed by atoms with van der Waals surface area (Å²) in [4.78, 5) is 54.6. The molecule has 1 unspecified atom stereocenters. The van der Waals surface area contributed by atoms with E-state index in [1.807, 2.05) is 0 Å². The number of hydrogen-bond acceptors (Lipinski definition) is 7. The highest BCUT2D eigenvalue weighted by Crippen LogP contribution is 2.21. The van der Waals surface area contributed by atoms with Gasteiger partial charge in [0.05, 0.1) is 17.0 Å². The van der Waals surface area contributed by atoms with E-state index in [1.165, 1.54) is 0 Å². The summed E-state index contributed by atoms with van der Waals surface area (Å²) in [7, 11) is 0. The molecule has 36 heavy (non-hydrogen) atoms. The molecule has 0 aliphatic rings. The van der Waals surface area contributed by atoms with Crippen LogP contribution in [0.1, 0.15) is 80.7 Å². The van der Waals surface area contributed by atoms with Crippen LogP contribution < -0.4 is 5.48 Å². The second-order valence-electron chi connectivity index (χ2n) is 10.5. The largest absolute Gasteiger partial charge is 0.460 e. The normalized spacial score (nSPS) is 12.3. The van der Waals surface area contributed by atoms with Crippen LogP contribution in [-0.4, -0.2) is 35.0 Å². The van der Waals surface area contributed by atoms with Gasteiger partial charge in [-0.2, -0.15) is 5.48 Å². The summed E-state index contributed by atoms with van der Waals surface area (Å²) < 4.78 is 11.0. The van der Waals surface area contributed by atoms with Gasteiger partial charge in [0.25, 0.3) is 5.91 Å². The zero-order valence-corrected chi connectivity index (χ0v) is 21.8. The number of rotatable bonds is 8. The number of carbonyl (C=O) groups is 4. The number of carbonyl (C=O) groups excluding carboxylic acids is 4. The molecule has 0 saturated heterocycles. The Balaban J connectivity index is 2.05. The molecule has 0 aliphatic heterocycles. The maximum atomic E-state index is 12.9. The van der Waals surface area contributed by atoms with Crippen molar-refractivity contribution in [3.8, 4) is 0 Å². The van der Waals surface area contributed by atoms with E-state index in [0.717, 1.165) is 5.56 Å². The summed E-state index contributed by atoms with van der Waals surface area (Å²) in [6.07, 6.45) is 0.334. The summed E-state index contributed by atoms with van der Waals surface area (Å²) in [5.74, 6) is -2.81. The Morgan fingerprint density at radius 1 is 0.778 bits per heavy atom. The Morgan fingerprint density at radius 3 is 2.00 bits per heavy atom. The highest BCUT2D eigenvalue weighted by molar-refractivity contribution is 5.90. The fourth-order valence-corrected chi connectivity index (χ4v) is 3.23. The lowest BCUT2D eigenvalue weighted by molar-refractivity contribution is -0.160. The number of hydroxylamine groups is 1. The molecular weight excluding hydrogens is 462 g/mol. The lowest BCUT2D eigenvalue weighted by Crippen LogP contribution is -2.32. The van der Waals surface area contributed by atoms with Gasteiger partial charge in [-0.15, -0.1) is 0 Å². The first-order valence-corrected chi connectivity index (χ1v) is 11.8. The fraction of sp³-hybridized carbons (Fsp3) is 0.429. The highest BCUT2D eigenvalue weighted by atomic mass is 16.7. The van der Waals surface area contributed by atoms with E-state index in [4.69, 9.17) is 14.3 Å². The molecule has 0 aliphatic carbocycles. The van der Waals surface area contributed by atoms with E-state index in [2.05, 4.69) is 5.48 Å². The summed E-state index contributed by atoms with van der Waals surface area (Å²) in [6, 6.07) is 15.1. The van der Waals surface area contributed by atoms with Crippen LogP contribution in [0.3, 0.4) is 0 Å². The molecule has 2 aromatic carbocycles. The molecule has 0 heterocycles. The van der Waals surface area contributed by atoms with Crippen LogP contribution in [-0.2, 0) is 30.3 Å². The molecule has 0 fully saturated rings. The number of esters is 2. The van der Waals surface area contributed by atoms with E-state index in [0.29, 0.717) is 11.1 Å². The molecule has 0 saturated carbocycles. The van der Waals surface area contributed by atoms with Gasteiger partial charge in [-0.1, -0.05) is 30.3 Å². The van der Waals surface area contributed by atoms with E-state index in [9.17, 15) is 19.2 Å². The zero-order valence-electron chi connectivity index (χ0n) is 21.8. The predicted molar refractivity (Wildman–Crippen MR) is 134 cm³/mol. The average molecular weight is 498 g/mol. The van der Waals surface area contributed by atoms with Crippen molar-refractivity contribution >= 4 is 23.8 Å². The van der Waals surface area contributed by atoms with Gasteiger partial charge in [0.2, 0.25) is 0 Å². The van der Waals surface area contributed by atoms with Crippen molar-refractivity contribution in [1.82, 2.24) is 5.48 Å². The highest BCUT2D eigenvalue weighted by Gasteiger charge is 2.27. The minimum Gasteiger partial charge on any atom is -0.460 e. The first-order valence-electron chi connectivity index (χ1n) is 11.8. The molecule has 2 rings (SSSR count). The third-order valence-electron chi connectivity index (χ3n) is 4.77. The SMILES string of the molecule is CC(C)(C)OC(=O)c1cccc(CC(CCC(=O)NOC(=O)c2ccccc2)C(=O)OC(C)(C)C)c1. The lowest BCUT2D eigenvalue weighted by atomic mass is 9.93. The first kappa shape index (κ1) is 28.6. The van der Waals surface area contributed by atoms with Crippen molar-refractivity contribution in [1.29, 1.82) is 0 Å². The first-order chi connectivity index (χ1) is 16.7. The molecule has 8 nitrogen and oxygen atoms in total. The molecule has 1 N–H and O–H groups in total. The quantitative estimate of drug-likeness (QED) is 0.317. The molecule has 8 heteroatoms. The van der Waals surface area contributed by atoms with E-state index in [-0.39, 0.29) is 19.3 Å². The molecule has 2 aromatic rings. The fourth-order valence-electron chi connectivity index (χ4n) is 3.23. The van der Waals surface area contributed by atoms with Gasteiger partial charge in [0, 0.05) is 6.42 Å². The lowest BCUT2D eigenvalue weighted by Gasteiger charge is -2.24. The summed E-state index contributed by atoms with van der Waals surface area (Å²) >= 11 is 0. The van der Waals surface area contributed by atoms with Crippen LogP contribution in [0, 0.1) is 5.92 Å². The summed E-state index contributed by atoms with van der Waals surface area (Å²) in [5.41, 5.74) is 2.19. The van der Waals surface area contributed by atoms with Gasteiger partial charge in [-0.3, -0.25) is 9.59 Å². The smallest absolute Gasteiger partial charge is 0.362 e. The van der Waals surface area contributed by atoms with Crippen LogP contribution in [0.2, 0.25) is 0 Å². The van der Waals surface area contributed by atoms with Crippen molar-refractivity contribution in [2.24, 2.45) is 5.92 Å². The minimum absolute atomic E-state index is 0.0717. The van der Waals surface area contributed by atoms with Crippen molar-refractivity contribution < 1.29 is 33.5 Å². The predicted octanol–water partition coefficient (Wildman–Crippen LogP) is 4.81.